The van der Waals surface area contributed by atoms with Crippen molar-refractivity contribution in [1.29, 1.82) is 0 Å². The molecule has 8 N–H and O–H groups in total. The monoisotopic (exact) mass is 684 g/mol. The van der Waals surface area contributed by atoms with Gasteiger partial charge in [0.2, 0.25) is 0 Å². The topological polar surface area (TPSA) is 294 Å². The van der Waals surface area contributed by atoms with Crippen LogP contribution in [0, 0.1) is 0 Å². The molecular weight excluding hydrogens is 665 g/mol. The molecule has 4 aromatic rings. The van der Waals surface area contributed by atoms with Crippen LogP contribution in [-0.4, -0.2) is 51.9 Å². The maximum atomic E-state index is 12.2. The van der Waals surface area contributed by atoms with Crippen molar-refractivity contribution in [2.24, 2.45) is 10.2 Å². The first-order valence-electron chi connectivity index (χ1n) is 11.6. The third kappa shape index (κ3) is 7.09. The quantitative estimate of drug-likeness (QED) is 0.0669. The van der Waals surface area contributed by atoms with Crippen LogP contribution >= 0.6 is 0 Å². The number of azo groups is 1. The largest absolute Gasteiger partial charge is 0.399 e. The summed E-state index contributed by atoms with van der Waals surface area (Å²) in [5.74, 6) is 0. The van der Waals surface area contributed by atoms with Gasteiger partial charge in [0.1, 0.15) is 20.4 Å². The van der Waals surface area contributed by atoms with Gasteiger partial charge >= 0.3 is 0 Å². The molecule has 16 nitrogen and oxygen atoms in total. The number of nitrogens with two attached hydrogens (primary N) is 2. The van der Waals surface area contributed by atoms with Crippen LogP contribution in [0.15, 0.2) is 90.5 Å². The van der Waals surface area contributed by atoms with Gasteiger partial charge < -0.3 is 11.5 Å². The SMILES string of the molecule is Nc1ccc(/C=C/c2ccc(N=Nc3c(N)ccc4c(S(=O)(=O)O)cc(S(=O)(=O)O)cc34)cc2S(=O)(=O)O)c(S(=O)(=O)O)c1. The molecule has 0 amide bonds. The predicted octanol–water partition coefficient (Wildman–Crippen LogP) is 3.58. The van der Waals surface area contributed by atoms with Crippen molar-refractivity contribution in [3.63, 3.8) is 0 Å². The Morgan fingerprint density at radius 2 is 1.09 bits per heavy atom. The zero-order valence-corrected chi connectivity index (χ0v) is 24.9. The lowest BCUT2D eigenvalue weighted by Gasteiger charge is -2.10. The van der Waals surface area contributed by atoms with Gasteiger partial charge in [-0.1, -0.05) is 30.4 Å². The van der Waals surface area contributed by atoms with Crippen LogP contribution in [0.5, 0.6) is 0 Å². The lowest BCUT2D eigenvalue weighted by atomic mass is 10.1. The lowest BCUT2D eigenvalue weighted by molar-refractivity contribution is 0.479. The molecule has 20 heteroatoms. The van der Waals surface area contributed by atoms with Gasteiger partial charge in [-0.05, 0) is 53.6 Å². The van der Waals surface area contributed by atoms with Crippen molar-refractivity contribution in [1.82, 2.24) is 0 Å². The molecular formula is C24H20N4O12S4. The van der Waals surface area contributed by atoms with E-state index in [-0.39, 0.29) is 44.6 Å². The summed E-state index contributed by atoms with van der Waals surface area (Å²) in [6.45, 7) is 0. The molecule has 0 saturated carbocycles. The number of nitrogen functional groups attached to an aromatic ring is 2. The Kier molecular flexibility index (Phi) is 8.40. The fourth-order valence-electron chi connectivity index (χ4n) is 4.00. The first-order chi connectivity index (χ1) is 20.2. The molecule has 4 rings (SSSR count). The van der Waals surface area contributed by atoms with Gasteiger partial charge in [-0.2, -0.15) is 38.8 Å². The lowest BCUT2D eigenvalue weighted by Crippen LogP contribution is -2.04. The molecule has 0 atom stereocenters. The summed E-state index contributed by atoms with van der Waals surface area (Å²) in [6.07, 6.45) is 2.27. The van der Waals surface area contributed by atoms with Crippen LogP contribution in [0.2, 0.25) is 0 Å². The summed E-state index contributed by atoms with van der Waals surface area (Å²) in [7, 11) is -19.6. The molecule has 0 bridgehead atoms. The third-order valence-electron chi connectivity index (χ3n) is 5.95. The van der Waals surface area contributed by atoms with Gasteiger partial charge in [-0.25, -0.2) is 0 Å². The van der Waals surface area contributed by atoms with Crippen molar-refractivity contribution >= 4 is 86.1 Å². The Labute approximate surface area is 250 Å². The van der Waals surface area contributed by atoms with E-state index in [2.05, 4.69) is 10.2 Å². The standard InChI is InChI=1S/C24H20N4O12S4/c25-15-5-3-13(21(9-15)42(32,33)34)1-2-14-4-6-16(10-22(14)43(35,36)37)27-28-24-19-11-17(41(29,30)31)12-23(44(38,39)40)18(19)7-8-20(24)26/h1-12H,25-26H2,(H,29,30,31)(H,32,33,34)(H,35,36,37)(H,38,39,40)/b2-1+,28-27?. The maximum Gasteiger partial charge on any atom is 0.295 e. The average Bonchev–Trinajstić information content (AvgIpc) is 2.89. The maximum absolute atomic E-state index is 12.2. The van der Waals surface area contributed by atoms with E-state index in [1.54, 1.807) is 0 Å². The van der Waals surface area contributed by atoms with Crippen LogP contribution in [0.3, 0.4) is 0 Å². The van der Waals surface area contributed by atoms with Crippen LogP contribution in [-0.2, 0) is 40.5 Å². The van der Waals surface area contributed by atoms with E-state index in [0.29, 0.717) is 6.07 Å². The number of nitrogens with zero attached hydrogens (tertiary/aromatic N) is 2. The minimum absolute atomic E-state index is 0.0263. The summed E-state index contributed by atoms with van der Waals surface area (Å²) in [5, 5.41) is 7.23. The summed E-state index contributed by atoms with van der Waals surface area (Å²) in [6, 6.07) is 10.5. The van der Waals surface area contributed by atoms with Gasteiger partial charge in [-0.15, -0.1) is 5.11 Å². The van der Waals surface area contributed by atoms with Gasteiger partial charge in [0.05, 0.1) is 16.3 Å². The number of hydrogen-bond donors (Lipinski definition) is 6. The molecule has 0 unspecified atom stereocenters. The molecule has 4 aromatic carbocycles. The smallest absolute Gasteiger partial charge is 0.295 e. The second-order valence-electron chi connectivity index (χ2n) is 8.97. The summed E-state index contributed by atoms with van der Waals surface area (Å²) in [4.78, 5) is -3.07. The minimum Gasteiger partial charge on any atom is -0.399 e. The molecule has 0 heterocycles. The van der Waals surface area contributed by atoms with Crippen molar-refractivity contribution in [3.8, 4) is 0 Å². The highest BCUT2D eigenvalue weighted by atomic mass is 32.2. The summed E-state index contributed by atoms with van der Waals surface area (Å²) in [5.41, 5.74) is 10.6. The number of fused-ring (bicyclic) bond motifs is 1. The zero-order valence-electron chi connectivity index (χ0n) is 21.7. The molecule has 0 radical (unpaired) electrons. The van der Waals surface area contributed by atoms with Crippen LogP contribution in [0.25, 0.3) is 22.9 Å². The first kappa shape index (κ1) is 32.6. The molecule has 0 aliphatic rings. The molecule has 232 valence electrons. The minimum atomic E-state index is -5.02. The Morgan fingerprint density at radius 1 is 0.545 bits per heavy atom. The van der Waals surface area contributed by atoms with E-state index in [0.717, 1.165) is 42.5 Å². The second-order valence-corrected chi connectivity index (χ2v) is 14.6. The van der Waals surface area contributed by atoms with E-state index in [1.807, 2.05) is 0 Å². The van der Waals surface area contributed by atoms with Crippen LogP contribution in [0.4, 0.5) is 22.7 Å². The highest BCUT2D eigenvalue weighted by Crippen LogP contribution is 2.38. The Hall–Kier alpha value is -4.28. The predicted molar refractivity (Wildman–Crippen MR) is 158 cm³/mol. The highest BCUT2D eigenvalue weighted by molar-refractivity contribution is 7.87. The first-order valence-corrected chi connectivity index (χ1v) is 17.3. The molecule has 0 saturated heterocycles. The normalized spacial score (nSPS) is 13.3. The van der Waals surface area contributed by atoms with E-state index in [1.165, 1.54) is 24.3 Å². The number of anilines is 2. The summed E-state index contributed by atoms with van der Waals surface area (Å²) < 4.78 is 134. The van der Waals surface area contributed by atoms with Crippen molar-refractivity contribution < 1.29 is 51.9 Å². The van der Waals surface area contributed by atoms with Gasteiger partial charge in [0.25, 0.3) is 40.5 Å². The van der Waals surface area contributed by atoms with E-state index >= 15 is 0 Å². The molecule has 0 fully saturated rings. The zero-order chi connectivity index (χ0) is 32.8. The number of hydrogen-bond acceptors (Lipinski definition) is 12. The van der Waals surface area contributed by atoms with Gasteiger partial charge in [0.15, 0.2) is 0 Å². The third-order valence-corrected chi connectivity index (χ3v) is 9.49. The van der Waals surface area contributed by atoms with E-state index in [9.17, 15) is 51.9 Å². The molecule has 0 aliphatic carbocycles. The molecule has 44 heavy (non-hydrogen) atoms. The van der Waals surface area contributed by atoms with Crippen molar-refractivity contribution in [2.75, 3.05) is 11.5 Å². The Balaban J connectivity index is 1.86. The molecule has 0 aliphatic heterocycles. The van der Waals surface area contributed by atoms with Crippen LogP contribution < -0.4 is 11.5 Å². The van der Waals surface area contributed by atoms with Crippen molar-refractivity contribution in [2.45, 2.75) is 19.6 Å². The fraction of sp³-hybridized carbons (Fsp3) is 0. The number of benzene rings is 4. The molecule has 0 spiro atoms. The summed E-state index contributed by atoms with van der Waals surface area (Å²) >= 11 is 0. The number of rotatable bonds is 8. The van der Waals surface area contributed by atoms with E-state index < -0.39 is 60.1 Å². The Morgan fingerprint density at radius 3 is 1.64 bits per heavy atom. The fourth-order valence-corrected chi connectivity index (χ4v) is 6.76. The second kappa shape index (κ2) is 11.3. The average molecular weight is 685 g/mol. The van der Waals surface area contributed by atoms with Crippen molar-refractivity contribution in [3.05, 3.63) is 71.8 Å². The Bertz CT molecular complexity index is 2350. The molecule has 0 aromatic heterocycles. The van der Waals surface area contributed by atoms with Crippen LogP contribution in [0.1, 0.15) is 11.1 Å². The van der Waals surface area contributed by atoms with Gasteiger partial charge in [-0.3, -0.25) is 18.2 Å². The highest BCUT2D eigenvalue weighted by Gasteiger charge is 2.23. The van der Waals surface area contributed by atoms with Gasteiger partial charge in [0, 0.05) is 16.5 Å². The van der Waals surface area contributed by atoms with E-state index in [4.69, 9.17) is 11.5 Å².